The number of nitrogens with zero attached hydrogens (tertiary/aromatic N) is 1. The van der Waals surface area contributed by atoms with Gasteiger partial charge in [-0.15, -0.1) is 11.3 Å². The minimum atomic E-state index is 0.267. The highest BCUT2D eigenvalue weighted by Gasteiger charge is 2.10. The van der Waals surface area contributed by atoms with Gasteiger partial charge >= 0.3 is 0 Å². The van der Waals surface area contributed by atoms with Crippen molar-refractivity contribution < 1.29 is 5.11 Å². The second-order valence-electron chi connectivity index (χ2n) is 4.73. The van der Waals surface area contributed by atoms with Gasteiger partial charge < -0.3 is 10.4 Å². The molecule has 2 aromatic heterocycles. The number of aliphatic hydroxyl groups excluding tert-OH is 1. The van der Waals surface area contributed by atoms with Crippen molar-refractivity contribution in [3.8, 4) is 0 Å². The number of aliphatic hydroxyl groups is 1. The molecule has 2 heterocycles. The summed E-state index contributed by atoms with van der Waals surface area (Å²) in [5, 5.41) is 14.4. The van der Waals surface area contributed by atoms with Crippen LogP contribution >= 0.6 is 11.3 Å². The Labute approximate surface area is 112 Å². The van der Waals surface area contributed by atoms with Crippen molar-refractivity contribution in [1.82, 2.24) is 10.3 Å². The van der Waals surface area contributed by atoms with Gasteiger partial charge in [0.25, 0.3) is 0 Å². The van der Waals surface area contributed by atoms with Gasteiger partial charge in [0.2, 0.25) is 0 Å². The van der Waals surface area contributed by atoms with Crippen molar-refractivity contribution in [2.75, 3.05) is 6.61 Å². The van der Waals surface area contributed by atoms with Crippen LogP contribution in [0, 0.1) is 0 Å². The Kier molecular flexibility index (Phi) is 4.69. The van der Waals surface area contributed by atoms with Crippen LogP contribution in [0.5, 0.6) is 0 Å². The monoisotopic (exact) mass is 264 g/mol. The van der Waals surface area contributed by atoms with E-state index >= 15 is 0 Å². The summed E-state index contributed by atoms with van der Waals surface area (Å²) in [5.41, 5.74) is 2.30. The molecule has 0 bridgehead atoms. The van der Waals surface area contributed by atoms with Crippen molar-refractivity contribution in [1.29, 1.82) is 0 Å². The lowest BCUT2D eigenvalue weighted by atomic mass is 10.1. The molecule has 18 heavy (non-hydrogen) atoms. The predicted octanol–water partition coefficient (Wildman–Crippen LogP) is 3.11. The molecule has 0 radical (unpaired) electrons. The Morgan fingerprint density at radius 1 is 1.44 bits per heavy atom. The highest BCUT2D eigenvalue weighted by Crippen LogP contribution is 2.22. The van der Waals surface area contributed by atoms with Crippen LogP contribution in [0.1, 0.15) is 38.3 Å². The highest BCUT2D eigenvalue weighted by molar-refractivity contribution is 7.17. The molecule has 0 aliphatic carbocycles. The van der Waals surface area contributed by atoms with Crippen molar-refractivity contribution in [2.45, 2.75) is 38.8 Å². The Bertz CT molecular complexity index is 497. The average molecular weight is 264 g/mol. The van der Waals surface area contributed by atoms with Crippen LogP contribution in [0.15, 0.2) is 23.7 Å². The fraction of sp³-hybridized carbons (Fsp3) is 0.500. The number of aromatic nitrogens is 1. The Balaban J connectivity index is 2.01. The average Bonchev–Trinajstić information content (AvgIpc) is 2.83. The topological polar surface area (TPSA) is 45.1 Å². The molecule has 2 rings (SSSR count). The smallest absolute Gasteiger partial charge is 0.0809 e. The molecule has 0 saturated carbocycles. The molecule has 4 heteroatoms. The third kappa shape index (κ3) is 3.28. The minimum absolute atomic E-state index is 0.267. The van der Waals surface area contributed by atoms with Gasteiger partial charge in [-0.1, -0.05) is 0 Å². The van der Waals surface area contributed by atoms with Gasteiger partial charge in [0.1, 0.15) is 0 Å². The molecular formula is C14H20N2OS. The third-order valence-electron chi connectivity index (χ3n) is 3.15. The summed E-state index contributed by atoms with van der Waals surface area (Å²) in [5.74, 6) is 0. The van der Waals surface area contributed by atoms with Gasteiger partial charge in [0, 0.05) is 24.9 Å². The lowest BCUT2D eigenvalue weighted by Gasteiger charge is -2.20. The van der Waals surface area contributed by atoms with Crippen LogP contribution < -0.4 is 5.32 Å². The third-order valence-corrected chi connectivity index (χ3v) is 4.01. The number of pyridine rings is 1. The predicted molar refractivity (Wildman–Crippen MR) is 77.0 cm³/mol. The quantitative estimate of drug-likeness (QED) is 0.842. The molecule has 0 fully saturated rings. The summed E-state index contributed by atoms with van der Waals surface area (Å²) >= 11 is 1.73. The zero-order chi connectivity index (χ0) is 13.0. The Hall–Kier alpha value is -0.970. The number of rotatable bonds is 6. The van der Waals surface area contributed by atoms with E-state index in [2.05, 4.69) is 35.6 Å². The molecule has 98 valence electrons. The summed E-state index contributed by atoms with van der Waals surface area (Å²) in [4.78, 5) is 4.46. The van der Waals surface area contributed by atoms with Gasteiger partial charge in [-0.05, 0) is 49.8 Å². The first-order valence-corrected chi connectivity index (χ1v) is 7.28. The first-order valence-electron chi connectivity index (χ1n) is 6.40. The number of nitrogens with one attached hydrogen (secondary N) is 1. The minimum Gasteiger partial charge on any atom is -0.396 e. The SMILES string of the molecule is CC(CCCO)NC(C)c1cnc2ccsc2c1. The second-order valence-corrected chi connectivity index (χ2v) is 5.68. The fourth-order valence-corrected chi connectivity index (χ4v) is 2.89. The number of hydrogen-bond acceptors (Lipinski definition) is 4. The molecule has 0 aliphatic rings. The van der Waals surface area contributed by atoms with Crippen molar-refractivity contribution in [3.05, 3.63) is 29.3 Å². The molecule has 0 saturated heterocycles. The Morgan fingerprint density at radius 2 is 2.28 bits per heavy atom. The van der Waals surface area contributed by atoms with Crippen LogP contribution in [0.2, 0.25) is 0 Å². The molecular weight excluding hydrogens is 244 g/mol. The summed E-state index contributed by atoms with van der Waals surface area (Å²) in [6, 6.07) is 4.96. The summed E-state index contributed by atoms with van der Waals surface area (Å²) in [7, 11) is 0. The van der Waals surface area contributed by atoms with E-state index in [0.29, 0.717) is 6.04 Å². The van der Waals surface area contributed by atoms with E-state index in [-0.39, 0.29) is 12.6 Å². The summed E-state index contributed by atoms with van der Waals surface area (Å²) < 4.78 is 1.24. The largest absolute Gasteiger partial charge is 0.396 e. The van der Waals surface area contributed by atoms with Gasteiger partial charge in [-0.3, -0.25) is 4.98 Å². The first-order chi connectivity index (χ1) is 8.70. The van der Waals surface area contributed by atoms with E-state index < -0.39 is 0 Å². The standard InChI is InChI=1S/C14H20N2OS/c1-10(4-3-6-17)16-11(2)12-8-14-13(15-9-12)5-7-18-14/h5,7-11,16-17H,3-4,6H2,1-2H3. The molecule has 0 amide bonds. The van der Waals surface area contributed by atoms with E-state index in [1.165, 1.54) is 10.3 Å². The maximum absolute atomic E-state index is 8.82. The normalized spacial score (nSPS) is 14.8. The van der Waals surface area contributed by atoms with Crippen LogP contribution in [0.25, 0.3) is 10.2 Å². The van der Waals surface area contributed by atoms with Crippen molar-refractivity contribution in [2.24, 2.45) is 0 Å². The fourth-order valence-electron chi connectivity index (χ4n) is 2.10. The van der Waals surface area contributed by atoms with E-state index in [1.54, 1.807) is 11.3 Å². The number of hydrogen-bond donors (Lipinski definition) is 2. The zero-order valence-corrected chi connectivity index (χ0v) is 11.7. The molecule has 2 unspecified atom stereocenters. The van der Waals surface area contributed by atoms with Gasteiger partial charge in [-0.25, -0.2) is 0 Å². The molecule has 2 N–H and O–H groups in total. The number of thiophene rings is 1. The molecule has 2 aromatic rings. The Morgan fingerprint density at radius 3 is 3.06 bits per heavy atom. The molecule has 0 aromatic carbocycles. The lowest BCUT2D eigenvalue weighted by Crippen LogP contribution is -2.29. The maximum atomic E-state index is 8.82. The van der Waals surface area contributed by atoms with Crippen LogP contribution in [-0.4, -0.2) is 22.7 Å². The first kappa shape index (κ1) is 13.5. The van der Waals surface area contributed by atoms with Crippen molar-refractivity contribution in [3.63, 3.8) is 0 Å². The second kappa shape index (κ2) is 6.27. The molecule has 2 atom stereocenters. The summed E-state index contributed by atoms with van der Waals surface area (Å²) in [6.07, 6.45) is 3.80. The van der Waals surface area contributed by atoms with E-state index in [4.69, 9.17) is 5.11 Å². The molecule has 0 spiro atoms. The molecule has 0 aliphatic heterocycles. The van der Waals surface area contributed by atoms with Gasteiger partial charge in [0.05, 0.1) is 10.2 Å². The van der Waals surface area contributed by atoms with Gasteiger partial charge in [-0.2, -0.15) is 0 Å². The highest BCUT2D eigenvalue weighted by atomic mass is 32.1. The summed E-state index contributed by atoms with van der Waals surface area (Å²) in [6.45, 7) is 4.58. The van der Waals surface area contributed by atoms with Crippen LogP contribution in [0.4, 0.5) is 0 Å². The van der Waals surface area contributed by atoms with Gasteiger partial charge in [0.15, 0.2) is 0 Å². The lowest BCUT2D eigenvalue weighted by molar-refractivity contribution is 0.274. The maximum Gasteiger partial charge on any atom is 0.0809 e. The number of fused-ring (bicyclic) bond motifs is 1. The van der Waals surface area contributed by atoms with E-state index in [1.807, 2.05) is 12.3 Å². The van der Waals surface area contributed by atoms with E-state index in [9.17, 15) is 0 Å². The van der Waals surface area contributed by atoms with Crippen LogP contribution in [0.3, 0.4) is 0 Å². The van der Waals surface area contributed by atoms with Crippen molar-refractivity contribution >= 4 is 21.6 Å². The molecule has 3 nitrogen and oxygen atoms in total. The van der Waals surface area contributed by atoms with Crippen LogP contribution in [-0.2, 0) is 0 Å². The zero-order valence-electron chi connectivity index (χ0n) is 10.9. The van der Waals surface area contributed by atoms with E-state index in [0.717, 1.165) is 18.4 Å².